The molecule has 0 radical (unpaired) electrons. The zero-order valence-electron chi connectivity index (χ0n) is 34.4. The van der Waals surface area contributed by atoms with Gasteiger partial charge in [0.25, 0.3) is 0 Å². The number of furan rings is 1. The highest BCUT2D eigenvalue weighted by Crippen LogP contribution is 2.44. The predicted octanol–water partition coefficient (Wildman–Crippen LogP) is 15.6. The van der Waals surface area contributed by atoms with Crippen molar-refractivity contribution in [2.75, 3.05) is 4.90 Å². The van der Waals surface area contributed by atoms with Crippen LogP contribution in [0, 0.1) is 0 Å². The van der Waals surface area contributed by atoms with E-state index in [2.05, 4.69) is 126 Å². The molecule has 0 saturated heterocycles. The molecule has 0 aliphatic rings. The third kappa shape index (κ3) is 5.24. The zero-order chi connectivity index (χ0) is 40.6. The fraction of sp³-hybridized carbons (Fsp3) is 0. The molecule has 3 heteroatoms. The maximum atomic E-state index is 8.78. The van der Waals surface area contributed by atoms with Crippen molar-refractivity contribution in [3.05, 3.63) is 200 Å². The van der Waals surface area contributed by atoms with E-state index in [-0.39, 0.29) is 29.7 Å². The van der Waals surface area contributed by atoms with Gasteiger partial charge in [0.05, 0.1) is 6.85 Å². The van der Waals surface area contributed by atoms with Crippen molar-refractivity contribution in [3.63, 3.8) is 0 Å². The molecule has 0 spiro atoms. The second-order valence-corrected chi connectivity index (χ2v) is 14.7. The third-order valence-electron chi connectivity index (χ3n) is 10.6. The Hall–Kier alpha value is -6.94. The summed E-state index contributed by atoms with van der Waals surface area (Å²) in [5, 5.41) is 5.82. The summed E-state index contributed by atoms with van der Waals surface area (Å²) in [6, 6.07) is 57.0. The predicted molar refractivity (Wildman–Crippen MR) is 235 cm³/mol. The molecule has 0 aliphatic heterocycles. The maximum absolute atomic E-state index is 8.78. The average Bonchev–Trinajstić information content (AvgIpc) is 3.88. The van der Waals surface area contributed by atoms with E-state index in [9.17, 15) is 0 Å². The van der Waals surface area contributed by atoms with Crippen molar-refractivity contribution in [1.82, 2.24) is 0 Å². The van der Waals surface area contributed by atoms with Crippen LogP contribution in [-0.4, -0.2) is 0 Å². The number of para-hydroxylation sites is 2. The summed E-state index contributed by atoms with van der Waals surface area (Å²) in [5.41, 5.74) is 9.55. The van der Waals surface area contributed by atoms with Gasteiger partial charge in [-0.15, -0.1) is 11.3 Å². The highest BCUT2D eigenvalue weighted by atomic mass is 32.1. The van der Waals surface area contributed by atoms with E-state index in [0.29, 0.717) is 16.7 Å². The fourth-order valence-electron chi connectivity index (χ4n) is 8.02. The Kier molecular flexibility index (Phi) is 6.27. The quantitative estimate of drug-likeness (QED) is 0.170. The van der Waals surface area contributed by atoms with Crippen LogP contribution in [0.1, 0.15) is 6.85 Å². The molecule has 2 heterocycles. The second kappa shape index (κ2) is 12.9. The van der Waals surface area contributed by atoms with E-state index in [1.807, 2.05) is 59.9 Å². The van der Waals surface area contributed by atoms with Gasteiger partial charge in [-0.1, -0.05) is 152 Å². The van der Waals surface area contributed by atoms with Gasteiger partial charge in [-0.25, -0.2) is 0 Å². The van der Waals surface area contributed by atoms with E-state index in [1.54, 1.807) is 0 Å². The number of thiophene rings is 1. The summed E-state index contributed by atoms with van der Waals surface area (Å²) < 4.78 is 51.8. The van der Waals surface area contributed by atoms with Gasteiger partial charge in [0.2, 0.25) is 0 Å². The first-order chi connectivity index (χ1) is 29.4. The van der Waals surface area contributed by atoms with Gasteiger partial charge in [-0.05, 0) is 81.7 Å². The van der Waals surface area contributed by atoms with Crippen molar-refractivity contribution in [2.45, 2.75) is 0 Å². The Morgan fingerprint density at radius 2 is 0.964 bits per heavy atom. The van der Waals surface area contributed by atoms with Gasteiger partial charge < -0.3 is 9.32 Å². The minimum atomic E-state index is -0.412. The van der Waals surface area contributed by atoms with Gasteiger partial charge in [0.1, 0.15) is 11.2 Å². The van der Waals surface area contributed by atoms with E-state index in [1.165, 1.54) is 31.3 Å². The number of hydrogen-bond donors (Lipinski definition) is 0. The monoisotopic (exact) mass is 724 g/mol. The zero-order valence-corrected chi connectivity index (χ0v) is 30.2. The lowest BCUT2D eigenvalue weighted by atomic mass is 9.95. The van der Waals surface area contributed by atoms with Gasteiger partial charge >= 0.3 is 0 Å². The van der Waals surface area contributed by atoms with Crippen LogP contribution < -0.4 is 4.90 Å². The molecular formula is C52H33NOS. The first kappa shape index (κ1) is 26.8. The maximum Gasteiger partial charge on any atom is 0.143 e. The SMILES string of the molecule is [2H]c1c([2H])c([2H])c(-c2cc3c4cccc(-c5ccc(N(c6ccccc6)c6ccc(-c7cccc8c7sc7ccccc78)cc6)cc5)c4oc3c3ccccc23)c([2H])c1[2H]. The molecule has 11 aromatic rings. The number of fused-ring (bicyclic) bond motifs is 8. The van der Waals surface area contributed by atoms with E-state index >= 15 is 0 Å². The van der Waals surface area contributed by atoms with E-state index in [4.69, 9.17) is 11.3 Å². The Balaban J connectivity index is 1.00. The largest absolute Gasteiger partial charge is 0.455 e. The van der Waals surface area contributed by atoms with Gasteiger partial charge in [0.15, 0.2) is 0 Å². The average molecular weight is 725 g/mol. The molecule has 2 aromatic heterocycles. The molecule has 0 N–H and O–H groups in total. The number of hydrogen-bond acceptors (Lipinski definition) is 3. The van der Waals surface area contributed by atoms with Crippen LogP contribution in [0.5, 0.6) is 0 Å². The molecule has 0 fully saturated rings. The molecule has 0 amide bonds. The van der Waals surface area contributed by atoms with Crippen LogP contribution >= 0.6 is 11.3 Å². The Morgan fingerprint density at radius 1 is 0.400 bits per heavy atom. The first-order valence-corrected chi connectivity index (χ1v) is 19.1. The van der Waals surface area contributed by atoms with Crippen LogP contribution in [0.2, 0.25) is 0 Å². The molecule has 55 heavy (non-hydrogen) atoms. The first-order valence-electron chi connectivity index (χ1n) is 20.8. The van der Waals surface area contributed by atoms with Gasteiger partial charge in [-0.2, -0.15) is 0 Å². The molecule has 258 valence electrons. The number of nitrogens with zero attached hydrogens (tertiary/aromatic N) is 1. The second-order valence-electron chi connectivity index (χ2n) is 13.7. The summed E-state index contributed by atoms with van der Waals surface area (Å²) >= 11 is 1.84. The van der Waals surface area contributed by atoms with Crippen molar-refractivity contribution in [2.24, 2.45) is 0 Å². The van der Waals surface area contributed by atoms with Crippen molar-refractivity contribution in [1.29, 1.82) is 0 Å². The standard InChI is InChI=1S/C52H33NOS/c1-3-13-34(14-4-1)47-33-48-45-22-11-20-40(50(45)54-51(48)44-19-8-7-17-42(44)47)35-25-29-38(30-26-35)53(37-15-5-2-6-16-37)39-31-27-36(28-32-39)41-21-12-23-46-43-18-9-10-24-49(43)55-52(41)46/h1-33H/i1D,3D,4D,13D,14D. The number of anilines is 3. The van der Waals surface area contributed by atoms with Crippen molar-refractivity contribution >= 4 is 81.3 Å². The topological polar surface area (TPSA) is 16.4 Å². The molecule has 0 unspecified atom stereocenters. The molecule has 11 rings (SSSR count). The van der Waals surface area contributed by atoms with Crippen LogP contribution in [0.25, 0.3) is 86.3 Å². The van der Waals surface area contributed by atoms with Gasteiger partial charge in [0, 0.05) is 59.0 Å². The molecule has 0 bridgehead atoms. The lowest BCUT2D eigenvalue weighted by Gasteiger charge is -2.26. The third-order valence-corrected chi connectivity index (χ3v) is 11.8. The van der Waals surface area contributed by atoms with E-state index in [0.717, 1.165) is 49.7 Å². The lowest BCUT2D eigenvalue weighted by molar-refractivity contribution is 0.674. The summed E-state index contributed by atoms with van der Waals surface area (Å²) in [6.45, 7) is 0. The molecule has 0 atom stereocenters. The van der Waals surface area contributed by atoms with E-state index < -0.39 is 6.04 Å². The minimum Gasteiger partial charge on any atom is -0.455 e. The fourth-order valence-corrected chi connectivity index (χ4v) is 9.26. The minimum absolute atomic E-state index is 0.173. The smallest absolute Gasteiger partial charge is 0.143 e. The number of benzene rings is 9. The molecule has 0 aliphatic carbocycles. The molecular weight excluding hydrogens is 687 g/mol. The van der Waals surface area contributed by atoms with Crippen molar-refractivity contribution < 1.29 is 11.3 Å². The van der Waals surface area contributed by atoms with Crippen LogP contribution in [0.4, 0.5) is 17.1 Å². The van der Waals surface area contributed by atoms with Crippen LogP contribution in [0.15, 0.2) is 204 Å². The van der Waals surface area contributed by atoms with Crippen LogP contribution in [0.3, 0.4) is 0 Å². The molecule has 2 nitrogen and oxygen atoms in total. The van der Waals surface area contributed by atoms with Crippen LogP contribution in [-0.2, 0) is 0 Å². The highest BCUT2D eigenvalue weighted by molar-refractivity contribution is 7.26. The Labute approximate surface area is 329 Å². The highest BCUT2D eigenvalue weighted by Gasteiger charge is 2.19. The summed E-state index contributed by atoms with van der Waals surface area (Å²) in [4.78, 5) is 2.27. The summed E-state index contributed by atoms with van der Waals surface area (Å²) in [6.07, 6.45) is 0. The summed E-state index contributed by atoms with van der Waals surface area (Å²) in [7, 11) is 0. The Bertz CT molecular complexity index is 3460. The normalized spacial score (nSPS) is 12.9. The van der Waals surface area contributed by atoms with Crippen molar-refractivity contribution in [3.8, 4) is 33.4 Å². The molecule has 9 aromatic carbocycles. The number of rotatable bonds is 6. The Morgan fingerprint density at radius 3 is 1.71 bits per heavy atom. The lowest BCUT2D eigenvalue weighted by Crippen LogP contribution is -2.09. The molecule has 0 saturated carbocycles. The summed E-state index contributed by atoms with van der Waals surface area (Å²) in [5.74, 6) is 0. The van der Waals surface area contributed by atoms with Gasteiger partial charge in [-0.3, -0.25) is 0 Å².